The molecule has 2 rings (SSSR count). The number of hydrogen-bond acceptors (Lipinski definition) is 4. The van der Waals surface area contributed by atoms with Gasteiger partial charge in [0.15, 0.2) is 5.13 Å². The van der Waals surface area contributed by atoms with Crippen molar-refractivity contribution in [3.8, 4) is 0 Å². The fourth-order valence-electron chi connectivity index (χ4n) is 1.67. The Morgan fingerprint density at radius 2 is 2.07 bits per heavy atom. The first-order valence-corrected chi connectivity index (χ1v) is 6.52. The van der Waals surface area contributed by atoms with E-state index in [4.69, 9.17) is 5.73 Å². The lowest BCUT2D eigenvalue weighted by molar-refractivity contribution is 0.577. The molecule has 0 amide bonds. The molecule has 2 heterocycles. The number of aromatic nitrogens is 1. The number of nitrogens with zero attached hydrogens (tertiary/aromatic N) is 2. The monoisotopic (exact) mass is 275 g/mol. The van der Waals surface area contributed by atoms with Crippen LogP contribution in [0.4, 0.5) is 5.13 Å². The number of anilines is 1. The second-order valence-corrected chi connectivity index (χ2v) is 5.28. The summed E-state index contributed by atoms with van der Waals surface area (Å²) in [6, 6.07) is 0. The average molecular weight is 276 g/mol. The Morgan fingerprint density at radius 3 is 2.64 bits per heavy atom. The molecular formula is C9H14BrN3S. The van der Waals surface area contributed by atoms with Crippen LogP contribution in [-0.2, 0) is 6.54 Å². The number of nitrogens with two attached hydrogens (primary N) is 1. The van der Waals surface area contributed by atoms with Crippen LogP contribution in [0.3, 0.4) is 0 Å². The largest absolute Gasteiger partial charge is 0.348 e. The zero-order chi connectivity index (χ0) is 9.97. The molecule has 5 heteroatoms. The van der Waals surface area contributed by atoms with Gasteiger partial charge in [-0.2, -0.15) is 0 Å². The van der Waals surface area contributed by atoms with Crippen LogP contribution in [0.2, 0.25) is 0 Å². The van der Waals surface area contributed by atoms with Crippen LogP contribution in [0.15, 0.2) is 4.60 Å². The predicted molar refractivity (Wildman–Crippen MR) is 63.8 cm³/mol. The van der Waals surface area contributed by atoms with Crippen molar-refractivity contribution in [2.75, 3.05) is 18.0 Å². The van der Waals surface area contributed by atoms with Crippen LogP contribution in [-0.4, -0.2) is 18.1 Å². The van der Waals surface area contributed by atoms with Crippen molar-refractivity contribution in [3.05, 3.63) is 9.48 Å². The highest BCUT2D eigenvalue weighted by Gasteiger charge is 2.16. The van der Waals surface area contributed by atoms with Gasteiger partial charge in [-0.25, -0.2) is 4.98 Å². The molecule has 0 saturated carbocycles. The van der Waals surface area contributed by atoms with Gasteiger partial charge >= 0.3 is 0 Å². The summed E-state index contributed by atoms with van der Waals surface area (Å²) in [7, 11) is 0. The summed E-state index contributed by atoms with van der Waals surface area (Å²) < 4.78 is 0.922. The molecule has 0 aliphatic carbocycles. The molecule has 0 unspecified atom stereocenters. The molecule has 2 N–H and O–H groups in total. The average Bonchev–Trinajstić information content (AvgIpc) is 2.61. The highest BCUT2D eigenvalue weighted by atomic mass is 79.9. The highest BCUT2D eigenvalue weighted by molar-refractivity contribution is 9.10. The van der Waals surface area contributed by atoms with Crippen LogP contribution >= 0.6 is 27.3 Å². The Labute approximate surface area is 96.4 Å². The lowest BCUT2D eigenvalue weighted by Gasteiger charge is -2.25. The molecule has 1 saturated heterocycles. The van der Waals surface area contributed by atoms with E-state index < -0.39 is 0 Å². The molecule has 0 radical (unpaired) electrons. The first kappa shape index (κ1) is 10.4. The normalized spacial score (nSPS) is 17.4. The van der Waals surface area contributed by atoms with Gasteiger partial charge in [0, 0.05) is 19.6 Å². The van der Waals surface area contributed by atoms with Crippen molar-refractivity contribution in [2.45, 2.75) is 25.8 Å². The van der Waals surface area contributed by atoms with Crippen LogP contribution in [0.5, 0.6) is 0 Å². The van der Waals surface area contributed by atoms with Gasteiger partial charge < -0.3 is 10.6 Å². The van der Waals surface area contributed by atoms with Gasteiger partial charge in [-0.1, -0.05) is 11.3 Å². The van der Waals surface area contributed by atoms with Gasteiger partial charge in [0.2, 0.25) is 0 Å². The van der Waals surface area contributed by atoms with Crippen LogP contribution < -0.4 is 10.6 Å². The second-order valence-electron chi connectivity index (χ2n) is 3.46. The zero-order valence-electron chi connectivity index (χ0n) is 8.00. The third-order valence-corrected chi connectivity index (χ3v) is 4.51. The molecule has 3 nitrogen and oxygen atoms in total. The first-order chi connectivity index (χ1) is 6.81. The van der Waals surface area contributed by atoms with E-state index in [-0.39, 0.29) is 0 Å². The van der Waals surface area contributed by atoms with Crippen molar-refractivity contribution >= 4 is 32.4 Å². The molecule has 14 heavy (non-hydrogen) atoms. The number of hydrogen-bond donors (Lipinski definition) is 1. The minimum Gasteiger partial charge on any atom is -0.348 e. The quantitative estimate of drug-likeness (QED) is 0.901. The molecule has 0 aromatic carbocycles. The first-order valence-electron chi connectivity index (χ1n) is 4.91. The molecule has 1 aromatic heterocycles. The summed E-state index contributed by atoms with van der Waals surface area (Å²) in [4.78, 5) is 7.99. The summed E-state index contributed by atoms with van der Waals surface area (Å²) in [5, 5.41) is 1.12. The van der Waals surface area contributed by atoms with Crippen LogP contribution in [0.25, 0.3) is 0 Å². The van der Waals surface area contributed by atoms with E-state index in [0.717, 1.165) is 27.7 Å². The molecule has 1 aliphatic rings. The van der Waals surface area contributed by atoms with Crippen LogP contribution in [0, 0.1) is 0 Å². The Morgan fingerprint density at radius 1 is 1.36 bits per heavy atom. The molecule has 1 fully saturated rings. The van der Waals surface area contributed by atoms with E-state index in [9.17, 15) is 0 Å². The Hall–Kier alpha value is -0.130. The fraction of sp³-hybridized carbons (Fsp3) is 0.667. The molecule has 0 spiro atoms. The number of piperidine rings is 1. The van der Waals surface area contributed by atoms with Crippen molar-refractivity contribution < 1.29 is 0 Å². The summed E-state index contributed by atoms with van der Waals surface area (Å²) in [6.45, 7) is 2.86. The maximum absolute atomic E-state index is 5.62. The van der Waals surface area contributed by atoms with E-state index in [1.54, 1.807) is 11.3 Å². The summed E-state index contributed by atoms with van der Waals surface area (Å²) in [6.07, 6.45) is 3.93. The molecule has 0 bridgehead atoms. The van der Waals surface area contributed by atoms with E-state index in [2.05, 4.69) is 25.8 Å². The van der Waals surface area contributed by atoms with E-state index >= 15 is 0 Å². The Balaban J connectivity index is 2.14. The molecule has 78 valence electrons. The number of thiazole rings is 1. The van der Waals surface area contributed by atoms with Crippen molar-refractivity contribution in [3.63, 3.8) is 0 Å². The molecular weight excluding hydrogens is 262 g/mol. The topological polar surface area (TPSA) is 42.1 Å². The molecule has 0 atom stereocenters. The van der Waals surface area contributed by atoms with E-state index in [1.165, 1.54) is 19.3 Å². The zero-order valence-corrected chi connectivity index (χ0v) is 10.4. The highest BCUT2D eigenvalue weighted by Crippen LogP contribution is 2.30. The molecule has 1 aromatic rings. The smallest absolute Gasteiger partial charge is 0.186 e. The van der Waals surface area contributed by atoms with Gasteiger partial charge in [0.05, 0.1) is 4.88 Å². The lowest BCUT2D eigenvalue weighted by atomic mass is 10.1. The van der Waals surface area contributed by atoms with E-state index in [0.29, 0.717) is 6.54 Å². The standard InChI is InChI=1S/C9H14BrN3S/c10-8-7(6-11)14-9(12-8)13-4-2-1-3-5-13/h1-6,11H2. The second kappa shape index (κ2) is 4.59. The lowest BCUT2D eigenvalue weighted by Crippen LogP contribution is -2.29. The summed E-state index contributed by atoms with van der Waals surface area (Å²) in [5.74, 6) is 0. The maximum atomic E-state index is 5.62. The van der Waals surface area contributed by atoms with Gasteiger partial charge in [-0.3, -0.25) is 0 Å². The van der Waals surface area contributed by atoms with Crippen LogP contribution in [0.1, 0.15) is 24.1 Å². The third-order valence-electron chi connectivity index (χ3n) is 2.45. The predicted octanol–water partition coefficient (Wildman–Crippen LogP) is 2.35. The van der Waals surface area contributed by atoms with Crippen molar-refractivity contribution in [2.24, 2.45) is 5.73 Å². The summed E-state index contributed by atoms with van der Waals surface area (Å²) in [5.41, 5.74) is 5.62. The van der Waals surface area contributed by atoms with Crippen molar-refractivity contribution in [1.82, 2.24) is 4.98 Å². The maximum Gasteiger partial charge on any atom is 0.186 e. The number of rotatable bonds is 2. The van der Waals surface area contributed by atoms with Gasteiger partial charge in [0.1, 0.15) is 4.60 Å². The van der Waals surface area contributed by atoms with Gasteiger partial charge in [0.25, 0.3) is 0 Å². The fourth-order valence-corrected chi connectivity index (χ4v) is 3.24. The minimum absolute atomic E-state index is 0.575. The number of halogens is 1. The minimum atomic E-state index is 0.575. The molecule has 1 aliphatic heterocycles. The van der Waals surface area contributed by atoms with E-state index in [1.807, 2.05) is 0 Å². The Bertz CT molecular complexity index is 307. The Kier molecular flexibility index (Phi) is 3.41. The van der Waals surface area contributed by atoms with Gasteiger partial charge in [-0.15, -0.1) is 0 Å². The third kappa shape index (κ3) is 2.10. The summed E-state index contributed by atoms with van der Waals surface area (Å²) >= 11 is 5.15. The van der Waals surface area contributed by atoms with Gasteiger partial charge in [-0.05, 0) is 35.2 Å². The SMILES string of the molecule is NCc1sc(N2CCCCC2)nc1Br. The van der Waals surface area contributed by atoms with Crippen molar-refractivity contribution in [1.29, 1.82) is 0 Å².